The molecule has 0 amide bonds. The summed E-state index contributed by atoms with van der Waals surface area (Å²) >= 11 is 0. The third kappa shape index (κ3) is 2.52. The monoisotopic (exact) mass is 282 g/mol. The quantitative estimate of drug-likeness (QED) is 0.726. The van der Waals surface area contributed by atoms with Crippen molar-refractivity contribution in [3.8, 4) is 0 Å². The topological polar surface area (TPSA) is 17.1 Å². The molecule has 0 aromatic carbocycles. The normalized spacial score (nSPS) is 23.0. The highest BCUT2D eigenvalue weighted by Crippen LogP contribution is 2.57. The summed E-state index contributed by atoms with van der Waals surface area (Å²) in [4.78, 5) is 12.1. The van der Waals surface area contributed by atoms with Gasteiger partial charge in [0.1, 0.15) is 0 Å². The van der Waals surface area contributed by atoms with Crippen LogP contribution in [0.15, 0.2) is 43.9 Å². The van der Waals surface area contributed by atoms with E-state index in [1.807, 2.05) is 0 Å². The van der Waals surface area contributed by atoms with Crippen LogP contribution in [0.25, 0.3) is 0 Å². The second kappa shape index (κ2) is 5.14. The maximum atomic E-state index is 12.1. The summed E-state index contributed by atoms with van der Waals surface area (Å²) in [6.07, 6.45) is 0. The highest BCUT2D eigenvalue weighted by atomic mass is 32.3. The van der Waals surface area contributed by atoms with Gasteiger partial charge in [0.2, 0.25) is 0 Å². The van der Waals surface area contributed by atoms with E-state index in [0.29, 0.717) is 5.78 Å². The largest absolute Gasteiger partial charge is 0.298 e. The molecule has 0 aliphatic carbocycles. The molecule has 0 N–H and O–H groups in total. The summed E-state index contributed by atoms with van der Waals surface area (Å²) in [5.41, 5.74) is 5.40. The van der Waals surface area contributed by atoms with Crippen LogP contribution in [0.5, 0.6) is 0 Å². The lowest BCUT2D eigenvalue weighted by Crippen LogP contribution is -2.14. The van der Waals surface area contributed by atoms with Crippen LogP contribution < -0.4 is 0 Å². The number of allylic oxidation sites excluding steroid dienone is 4. The maximum absolute atomic E-state index is 12.1. The van der Waals surface area contributed by atoms with Crippen LogP contribution >= 0.6 is 21.8 Å². The molecular weight excluding hydrogens is 260 g/mol. The van der Waals surface area contributed by atoms with Gasteiger partial charge in [0, 0.05) is 0 Å². The number of ketones is 1. The lowest BCUT2D eigenvalue weighted by Gasteiger charge is -2.28. The van der Waals surface area contributed by atoms with Crippen LogP contribution in [-0.4, -0.2) is 10.4 Å². The number of rotatable bonds is 3. The first kappa shape index (κ1) is 13.8. The second-order valence-electron chi connectivity index (χ2n) is 5.13. The van der Waals surface area contributed by atoms with Crippen molar-refractivity contribution in [3.05, 3.63) is 43.9 Å². The Morgan fingerprint density at radius 1 is 0.833 bits per heavy atom. The number of carbonyl (C=O) groups excluding carboxylic acids is 1. The van der Waals surface area contributed by atoms with Crippen LogP contribution in [0.4, 0.5) is 0 Å². The molecule has 0 aromatic rings. The first-order valence-electron chi connectivity index (χ1n) is 6.20. The van der Waals surface area contributed by atoms with Gasteiger partial charge >= 0.3 is 0 Å². The minimum absolute atomic E-state index is 0.190. The molecule has 0 aromatic heterocycles. The third-order valence-corrected chi connectivity index (χ3v) is 9.74. The summed E-state index contributed by atoms with van der Waals surface area (Å²) in [6.45, 7) is 10.3. The molecule has 2 aliphatic rings. The fraction of sp³-hybridized carbons (Fsp3) is 0.400. The van der Waals surface area contributed by atoms with Gasteiger partial charge in [-0.25, -0.2) is 0 Å². The van der Waals surface area contributed by atoms with Crippen LogP contribution in [0.3, 0.4) is 0 Å². The zero-order valence-corrected chi connectivity index (χ0v) is 13.5. The predicted molar refractivity (Wildman–Crippen MR) is 87.5 cm³/mol. The summed E-state index contributed by atoms with van der Waals surface area (Å²) in [6, 6.07) is 0. The van der Waals surface area contributed by atoms with Crippen molar-refractivity contribution in [3.63, 3.8) is 0 Å². The van der Waals surface area contributed by atoms with E-state index in [1.54, 1.807) is 6.92 Å². The van der Waals surface area contributed by atoms with Gasteiger partial charge in [0.25, 0.3) is 0 Å². The minimum atomic E-state index is -0.410. The summed E-state index contributed by atoms with van der Waals surface area (Å²) in [7, 11) is -0.820. The highest BCUT2D eigenvalue weighted by Gasteiger charge is 2.28. The molecule has 0 radical (unpaired) electrons. The number of Topliss-reactive ketones (excluding diaryl/α,β-unsaturated/α-hetero) is 1. The molecule has 3 heteroatoms. The van der Waals surface area contributed by atoms with Crippen LogP contribution in [0.1, 0.15) is 34.6 Å². The van der Waals surface area contributed by atoms with Crippen LogP contribution in [-0.2, 0) is 4.79 Å². The number of carbonyl (C=O) groups is 1. The van der Waals surface area contributed by atoms with E-state index in [0.717, 1.165) is 0 Å². The fourth-order valence-corrected chi connectivity index (χ4v) is 8.42. The Bertz CT molecular complexity index is 433. The van der Waals surface area contributed by atoms with Gasteiger partial charge in [-0.1, -0.05) is 0 Å². The van der Waals surface area contributed by atoms with Crippen molar-refractivity contribution in [2.75, 3.05) is 0 Å². The average Bonchev–Trinajstić information content (AvgIpc) is 2.73. The zero-order chi connectivity index (χ0) is 13.4. The maximum Gasteiger partial charge on any atom is 0.150 e. The van der Waals surface area contributed by atoms with Gasteiger partial charge in [-0.15, -0.1) is 0 Å². The first-order valence-corrected chi connectivity index (χ1v) is 9.30. The van der Waals surface area contributed by atoms with Gasteiger partial charge in [-0.2, -0.15) is 21.8 Å². The fourth-order valence-electron chi connectivity index (χ4n) is 2.23. The summed E-state index contributed by atoms with van der Waals surface area (Å²) in [5.74, 6) is 0.345. The Kier molecular flexibility index (Phi) is 3.93. The van der Waals surface area contributed by atoms with E-state index in [4.69, 9.17) is 0 Å². The molecule has 1 nitrogen and oxygen atoms in total. The third-order valence-electron chi connectivity index (χ3n) is 3.54. The molecule has 0 atom stereocenters. The molecule has 0 spiro atoms. The number of hydrogen-bond donors (Lipinski definition) is 2. The Labute approximate surface area is 115 Å². The molecule has 100 valence electrons. The van der Waals surface area contributed by atoms with Crippen molar-refractivity contribution < 1.29 is 4.79 Å². The van der Waals surface area contributed by atoms with Gasteiger partial charge in [0.05, 0.1) is 4.58 Å². The smallest absolute Gasteiger partial charge is 0.150 e. The van der Waals surface area contributed by atoms with Crippen molar-refractivity contribution in [1.29, 1.82) is 0 Å². The summed E-state index contributed by atoms with van der Waals surface area (Å²) < 4.78 is 0.190. The minimum Gasteiger partial charge on any atom is -0.298 e. The highest BCUT2D eigenvalue weighted by molar-refractivity contribution is 8.39. The molecule has 2 heterocycles. The van der Waals surface area contributed by atoms with E-state index >= 15 is 0 Å². The molecule has 2 aliphatic heterocycles. The van der Waals surface area contributed by atoms with Crippen molar-refractivity contribution >= 4 is 27.6 Å². The van der Waals surface area contributed by atoms with Crippen molar-refractivity contribution in [1.82, 2.24) is 0 Å². The lowest BCUT2D eigenvalue weighted by atomic mass is 10.2. The second-order valence-corrected chi connectivity index (χ2v) is 9.39. The Morgan fingerprint density at radius 2 is 1.11 bits per heavy atom. The van der Waals surface area contributed by atoms with Gasteiger partial charge in [-0.3, -0.25) is 4.79 Å². The van der Waals surface area contributed by atoms with E-state index in [-0.39, 0.29) is 4.58 Å². The van der Waals surface area contributed by atoms with Gasteiger partial charge in [-0.05, 0) is 78.5 Å². The Balaban J connectivity index is 2.30. The predicted octanol–water partition coefficient (Wildman–Crippen LogP) is 4.55. The van der Waals surface area contributed by atoms with Gasteiger partial charge < -0.3 is 0 Å². The van der Waals surface area contributed by atoms with E-state index < -0.39 is 21.8 Å². The van der Waals surface area contributed by atoms with Crippen molar-refractivity contribution in [2.45, 2.75) is 39.2 Å². The van der Waals surface area contributed by atoms with E-state index in [2.05, 4.69) is 49.3 Å². The van der Waals surface area contributed by atoms with E-state index in [1.165, 1.54) is 22.3 Å². The van der Waals surface area contributed by atoms with Gasteiger partial charge in [0.15, 0.2) is 5.78 Å². The molecule has 0 fully saturated rings. The molecule has 0 saturated heterocycles. The van der Waals surface area contributed by atoms with Crippen LogP contribution in [0, 0.1) is 0 Å². The first-order chi connectivity index (χ1) is 8.40. The number of thiol groups is 2. The zero-order valence-electron chi connectivity index (χ0n) is 11.7. The molecule has 0 saturated carbocycles. The van der Waals surface area contributed by atoms with Crippen LogP contribution in [0.2, 0.25) is 0 Å². The SMILES string of the molecule is CC(=O)C([SH]1C=C(C)C(C)=C1)[SH]1C=C(C)C(C)=C1. The lowest BCUT2D eigenvalue weighted by molar-refractivity contribution is -0.115. The standard InChI is InChI=1S/C15H22OS2/c1-10-6-17(7-11(10)2)15(14(5)16)18-8-12(3)13(4)9-18/h6-9,15,17-18H,1-5H3. The Morgan fingerprint density at radius 3 is 1.33 bits per heavy atom. The Hall–Kier alpha value is -0.670. The average molecular weight is 282 g/mol. The molecule has 0 unspecified atom stereocenters. The van der Waals surface area contributed by atoms with Crippen molar-refractivity contribution in [2.24, 2.45) is 0 Å². The molecule has 0 bridgehead atoms. The molecule has 2 rings (SSSR count). The molecular formula is C15H22OS2. The number of hydrogen-bond acceptors (Lipinski definition) is 1. The molecule has 18 heavy (non-hydrogen) atoms. The van der Waals surface area contributed by atoms with E-state index in [9.17, 15) is 4.79 Å². The summed E-state index contributed by atoms with van der Waals surface area (Å²) in [5, 5.41) is 9.29.